The Labute approximate surface area is 149 Å². The van der Waals surface area contributed by atoms with E-state index in [4.69, 9.17) is 16.3 Å². The molecular formula is C18H14ClN3O3. The van der Waals surface area contributed by atoms with Crippen LogP contribution in [0.15, 0.2) is 67.0 Å². The number of amides is 1. The molecule has 1 heterocycles. The lowest BCUT2D eigenvalue weighted by molar-refractivity contribution is -0.119. The number of halogens is 1. The SMILES string of the molecule is O=C(COC(=O)c1ccc(-n2cccn2)cc1)Nc1ccc(Cl)cc1. The van der Waals surface area contributed by atoms with Gasteiger partial charge in [0.2, 0.25) is 0 Å². The zero-order valence-corrected chi connectivity index (χ0v) is 13.8. The Balaban J connectivity index is 1.53. The number of hydrogen-bond donors (Lipinski definition) is 1. The van der Waals surface area contributed by atoms with Gasteiger partial charge < -0.3 is 10.1 Å². The van der Waals surface area contributed by atoms with E-state index in [-0.39, 0.29) is 6.61 Å². The van der Waals surface area contributed by atoms with Gasteiger partial charge in [0.25, 0.3) is 5.91 Å². The van der Waals surface area contributed by atoms with Gasteiger partial charge in [-0.1, -0.05) is 11.6 Å². The van der Waals surface area contributed by atoms with E-state index in [9.17, 15) is 9.59 Å². The Kier molecular flexibility index (Phi) is 5.11. The number of rotatable bonds is 5. The summed E-state index contributed by atoms with van der Waals surface area (Å²) >= 11 is 5.77. The smallest absolute Gasteiger partial charge is 0.338 e. The molecule has 0 saturated carbocycles. The van der Waals surface area contributed by atoms with E-state index < -0.39 is 11.9 Å². The fourth-order valence-corrected chi connectivity index (χ4v) is 2.24. The van der Waals surface area contributed by atoms with E-state index in [1.54, 1.807) is 65.6 Å². The van der Waals surface area contributed by atoms with Crippen molar-refractivity contribution >= 4 is 29.2 Å². The molecule has 25 heavy (non-hydrogen) atoms. The molecule has 126 valence electrons. The van der Waals surface area contributed by atoms with Crippen molar-refractivity contribution in [1.29, 1.82) is 0 Å². The molecule has 0 bridgehead atoms. The Morgan fingerprint density at radius 3 is 2.44 bits per heavy atom. The topological polar surface area (TPSA) is 73.2 Å². The molecule has 0 aliphatic heterocycles. The van der Waals surface area contributed by atoms with E-state index in [1.807, 2.05) is 6.07 Å². The second kappa shape index (κ2) is 7.63. The molecule has 1 amide bonds. The van der Waals surface area contributed by atoms with Gasteiger partial charge in [0.05, 0.1) is 11.3 Å². The highest BCUT2D eigenvalue weighted by Crippen LogP contribution is 2.13. The zero-order chi connectivity index (χ0) is 17.6. The summed E-state index contributed by atoms with van der Waals surface area (Å²) in [5, 5.41) is 7.29. The van der Waals surface area contributed by atoms with Crippen LogP contribution in [0.4, 0.5) is 5.69 Å². The quantitative estimate of drug-likeness (QED) is 0.712. The summed E-state index contributed by atoms with van der Waals surface area (Å²) in [6.07, 6.45) is 3.47. The van der Waals surface area contributed by atoms with Gasteiger partial charge in [-0.05, 0) is 54.6 Å². The van der Waals surface area contributed by atoms with E-state index in [0.717, 1.165) is 5.69 Å². The number of carbonyl (C=O) groups excluding carboxylic acids is 2. The predicted molar refractivity (Wildman–Crippen MR) is 93.9 cm³/mol. The molecule has 7 heteroatoms. The molecule has 0 radical (unpaired) electrons. The van der Waals surface area contributed by atoms with Crippen LogP contribution in [0.3, 0.4) is 0 Å². The number of benzene rings is 2. The maximum atomic E-state index is 12.0. The highest BCUT2D eigenvalue weighted by atomic mass is 35.5. The van der Waals surface area contributed by atoms with E-state index >= 15 is 0 Å². The van der Waals surface area contributed by atoms with Crippen LogP contribution in [0.25, 0.3) is 5.69 Å². The molecular weight excluding hydrogens is 342 g/mol. The normalized spacial score (nSPS) is 10.3. The van der Waals surface area contributed by atoms with Crippen LogP contribution in [-0.2, 0) is 9.53 Å². The van der Waals surface area contributed by atoms with Crippen molar-refractivity contribution in [2.24, 2.45) is 0 Å². The lowest BCUT2D eigenvalue weighted by Gasteiger charge is -2.07. The number of esters is 1. The lowest BCUT2D eigenvalue weighted by atomic mass is 10.2. The van der Waals surface area contributed by atoms with Crippen molar-refractivity contribution in [3.8, 4) is 5.69 Å². The third-order valence-electron chi connectivity index (χ3n) is 3.33. The maximum absolute atomic E-state index is 12.0. The minimum atomic E-state index is -0.571. The summed E-state index contributed by atoms with van der Waals surface area (Å²) in [6.45, 7) is -0.373. The van der Waals surface area contributed by atoms with Gasteiger partial charge in [-0.3, -0.25) is 4.79 Å². The number of ether oxygens (including phenoxy) is 1. The first-order chi connectivity index (χ1) is 12.1. The first-order valence-electron chi connectivity index (χ1n) is 7.44. The zero-order valence-electron chi connectivity index (χ0n) is 13.1. The summed E-state index contributed by atoms with van der Waals surface area (Å²) in [5.41, 5.74) is 1.76. The summed E-state index contributed by atoms with van der Waals surface area (Å²) in [5.74, 6) is -0.998. The Hall–Kier alpha value is -3.12. The molecule has 3 rings (SSSR count). The molecule has 0 aliphatic carbocycles. The van der Waals surface area contributed by atoms with Crippen LogP contribution in [0.5, 0.6) is 0 Å². The summed E-state index contributed by atoms with van der Waals surface area (Å²) in [6, 6.07) is 15.2. The third kappa shape index (κ3) is 4.45. The Morgan fingerprint density at radius 2 is 1.80 bits per heavy atom. The summed E-state index contributed by atoms with van der Waals surface area (Å²) in [7, 11) is 0. The molecule has 0 unspecified atom stereocenters. The average Bonchev–Trinajstić information content (AvgIpc) is 3.16. The van der Waals surface area contributed by atoms with Gasteiger partial charge in [-0.15, -0.1) is 0 Å². The van der Waals surface area contributed by atoms with Crippen LogP contribution in [0.1, 0.15) is 10.4 Å². The van der Waals surface area contributed by atoms with Gasteiger partial charge in [0.1, 0.15) is 0 Å². The number of nitrogens with zero attached hydrogens (tertiary/aromatic N) is 2. The molecule has 2 aromatic carbocycles. The average molecular weight is 356 g/mol. The van der Waals surface area contributed by atoms with Crippen LogP contribution < -0.4 is 5.32 Å². The monoisotopic (exact) mass is 355 g/mol. The van der Waals surface area contributed by atoms with Crippen molar-refractivity contribution in [1.82, 2.24) is 9.78 Å². The van der Waals surface area contributed by atoms with Gasteiger partial charge in [0, 0.05) is 23.1 Å². The van der Waals surface area contributed by atoms with Gasteiger partial charge in [-0.25, -0.2) is 9.48 Å². The molecule has 0 fully saturated rings. The molecule has 3 aromatic rings. The highest BCUT2D eigenvalue weighted by Gasteiger charge is 2.11. The standard InChI is InChI=1S/C18H14ClN3O3/c19-14-4-6-15(7-5-14)21-17(23)12-25-18(24)13-2-8-16(9-3-13)22-11-1-10-20-22/h1-11H,12H2,(H,21,23). The number of nitrogens with one attached hydrogen (secondary N) is 1. The van der Waals surface area contributed by atoms with Gasteiger partial charge in [-0.2, -0.15) is 5.10 Å². The first-order valence-corrected chi connectivity index (χ1v) is 7.82. The molecule has 6 nitrogen and oxygen atoms in total. The second-order valence-electron chi connectivity index (χ2n) is 5.13. The van der Waals surface area contributed by atoms with E-state index in [1.165, 1.54) is 0 Å². The predicted octanol–water partition coefficient (Wildman–Crippen LogP) is 3.32. The summed E-state index contributed by atoms with van der Waals surface area (Å²) in [4.78, 5) is 23.8. The minimum absolute atomic E-state index is 0.357. The number of carbonyl (C=O) groups is 2. The lowest BCUT2D eigenvalue weighted by Crippen LogP contribution is -2.20. The highest BCUT2D eigenvalue weighted by molar-refractivity contribution is 6.30. The largest absolute Gasteiger partial charge is 0.452 e. The van der Waals surface area contributed by atoms with Crippen molar-refractivity contribution in [2.45, 2.75) is 0 Å². The van der Waals surface area contributed by atoms with Crippen molar-refractivity contribution in [3.63, 3.8) is 0 Å². The van der Waals surface area contributed by atoms with Crippen LogP contribution >= 0.6 is 11.6 Å². The van der Waals surface area contributed by atoms with Crippen LogP contribution in [0, 0.1) is 0 Å². The van der Waals surface area contributed by atoms with Gasteiger partial charge in [0.15, 0.2) is 6.61 Å². The molecule has 1 N–H and O–H groups in total. The maximum Gasteiger partial charge on any atom is 0.338 e. The van der Waals surface area contributed by atoms with Crippen molar-refractivity contribution in [2.75, 3.05) is 11.9 Å². The second-order valence-corrected chi connectivity index (χ2v) is 5.57. The summed E-state index contributed by atoms with van der Waals surface area (Å²) < 4.78 is 6.69. The van der Waals surface area contributed by atoms with Crippen molar-refractivity contribution in [3.05, 3.63) is 77.6 Å². The number of aromatic nitrogens is 2. The van der Waals surface area contributed by atoms with Crippen molar-refractivity contribution < 1.29 is 14.3 Å². The van der Waals surface area contributed by atoms with E-state index in [0.29, 0.717) is 16.3 Å². The molecule has 0 atom stereocenters. The van der Waals surface area contributed by atoms with Crippen LogP contribution in [-0.4, -0.2) is 28.3 Å². The van der Waals surface area contributed by atoms with E-state index in [2.05, 4.69) is 10.4 Å². The van der Waals surface area contributed by atoms with Crippen LogP contribution in [0.2, 0.25) is 5.02 Å². The first kappa shape index (κ1) is 16.7. The van der Waals surface area contributed by atoms with Gasteiger partial charge >= 0.3 is 5.97 Å². The third-order valence-corrected chi connectivity index (χ3v) is 3.59. The Bertz CT molecular complexity index is 860. The minimum Gasteiger partial charge on any atom is -0.452 e. The number of anilines is 1. The fourth-order valence-electron chi connectivity index (χ4n) is 2.12. The number of hydrogen-bond acceptors (Lipinski definition) is 4. The molecule has 0 saturated heterocycles. The molecule has 1 aromatic heterocycles. The molecule has 0 aliphatic rings. The Morgan fingerprint density at radius 1 is 1.08 bits per heavy atom. The molecule has 0 spiro atoms. The fraction of sp³-hybridized carbons (Fsp3) is 0.0556.